The number of fused-ring (bicyclic) bond motifs is 7. The number of hydrogen-bond acceptors (Lipinski definition) is 6. The Labute approximate surface area is 207 Å². The zero-order valence-electron chi connectivity index (χ0n) is 21.3. The van der Waals surface area contributed by atoms with Gasteiger partial charge < -0.3 is 14.3 Å². The summed E-state index contributed by atoms with van der Waals surface area (Å²) in [5, 5.41) is 4.50. The Morgan fingerprint density at radius 1 is 1.09 bits per heavy atom. The van der Waals surface area contributed by atoms with Crippen LogP contribution in [0, 0.1) is 40.4 Å². The van der Waals surface area contributed by atoms with Crippen molar-refractivity contribution in [3.8, 4) is 5.75 Å². The number of benzene rings is 1. The van der Waals surface area contributed by atoms with Crippen LogP contribution in [-0.2, 0) is 19.2 Å². The SMILES string of the molecule is COc1ccc(C2=NO[C@@H]3[C@H]2C(=O)[C@@]2(C)CC[C@H]4[C@@H](CC[C@H]5C[C@@H](OC(C)=O)CC[C@@]54C)[C@H]32)cc1. The molecule has 4 fully saturated rings. The summed E-state index contributed by atoms with van der Waals surface area (Å²) < 4.78 is 10.9. The molecule has 0 radical (unpaired) electrons. The first-order valence-electron chi connectivity index (χ1n) is 13.4. The van der Waals surface area contributed by atoms with Crippen LogP contribution in [0.3, 0.4) is 0 Å². The molecule has 0 amide bonds. The molecule has 0 N–H and O–H groups in total. The van der Waals surface area contributed by atoms with E-state index >= 15 is 0 Å². The Balaban J connectivity index is 1.27. The van der Waals surface area contributed by atoms with Gasteiger partial charge in [-0.3, -0.25) is 9.59 Å². The lowest BCUT2D eigenvalue weighted by molar-refractivity contribution is -0.165. The molecule has 1 aromatic carbocycles. The molecule has 1 aromatic rings. The molecule has 35 heavy (non-hydrogen) atoms. The van der Waals surface area contributed by atoms with E-state index in [9.17, 15) is 9.59 Å². The molecule has 188 valence electrons. The lowest BCUT2D eigenvalue weighted by Crippen LogP contribution is -2.55. The number of ketones is 1. The van der Waals surface area contributed by atoms with Crippen molar-refractivity contribution in [2.24, 2.45) is 45.6 Å². The number of Topliss-reactive ketones (excluding diaryl/α,β-unsaturated/α-hetero) is 1. The van der Waals surface area contributed by atoms with Crippen molar-refractivity contribution in [3.63, 3.8) is 0 Å². The minimum Gasteiger partial charge on any atom is -0.497 e. The van der Waals surface area contributed by atoms with Crippen LogP contribution < -0.4 is 4.74 Å². The number of rotatable bonds is 3. The zero-order chi connectivity index (χ0) is 24.5. The van der Waals surface area contributed by atoms with Gasteiger partial charge in [0.1, 0.15) is 29.6 Å². The van der Waals surface area contributed by atoms with Crippen LogP contribution in [0.25, 0.3) is 0 Å². The van der Waals surface area contributed by atoms with Crippen molar-refractivity contribution in [1.82, 2.24) is 0 Å². The molecule has 5 aliphatic rings. The first-order chi connectivity index (χ1) is 16.8. The molecule has 0 unspecified atom stereocenters. The fraction of sp³-hybridized carbons (Fsp3) is 0.690. The number of methoxy groups -OCH3 is 1. The fourth-order valence-electron chi connectivity index (χ4n) is 8.99. The lowest BCUT2D eigenvalue weighted by atomic mass is 9.45. The summed E-state index contributed by atoms with van der Waals surface area (Å²) in [6, 6.07) is 7.81. The maximum atomic E-state index is 14.0. The third-order valence-corrected chi connectivity index (χ3v) is 10.7. The molecule has 6 nitrogen and oxygen atoms in total. The first kappa shape index (κ1) is 23.1. The van der Waals surface area contributed by atoms with Gasteiger partial charge in [-0.1, -0.05) is 19.0 Å². The predicted molar refractivity (Wildman–Crippen MR) is 131 cm³/mol. The molecule has 1 aliphatic heterocycles. The quantitative estimate of drug-likeness (QED) is 0.559. The topological polar surface area (TPSA) is 74.2 Å². The monoisotopic (exact) mass is 479 g/mol. The van der Waals surface area contributed by atoms with Crippen LogP contribution in [-0.4, -0.2) is 36.8 Å². The number of hydrogen-bond donors (Lipinski definition) is 0. The second kappa shape index (κ2) is 8.07. The average Bonchev–Trinajstić information content (AvgIpc) is 3.36. The van der Waals surface area contributed by atoms with Crippen molar-refractivity contribution in [2.45, 2.75) is 77.9 Å². The van der Waals surface area contributed by atoms with Crippen molar-refractivity contribution in [3.05, 3.63) is 29.8 Å². The minimum atomic E-state index is -0.345. The Morgan fingerprint density at radius 2 is 1.86 bits per heavy atom. The van der Waals surface area contributed by atoms with E-state index in [1.807, 2.05) is 24.3 Å². The van der Waals surface area contributed by atoms with Crippen LogP contribution in [0.5, 0.6) is 5.75 Å². The molecule has 4 aliphatic carbocycles. The van der Waals surface area contributed by atoms with Gasteiger partial charge in [0.2, 0.25) is 0 Å². The van der Waals surface area contributed by atoms with Gasteiger partial charge in [-0.2, -0.15) is 0 Å². The Morgan fingerprint density at radius 3 is 2.57 bits per heavy atom. The number of carbonyl (C=O) groups excluding carboxylic acids is 2. The summed E-state index contributed by atoms with van der Waals surface area (Å²) in [7, 11) is 1.65. The second-order valence-corrected chi connectivity index (χ2v) is 12.2. The van der Waals surface area contributed by atoms with Gasteiger partial charge in [-0.05, 0) is 92.4 Å². The van der Waals surface area contributed by atoms with Crippen molar-refractivity contribution < 1.29 is 23.9 Å². The fourth-order valence-corrected chi connectivity index (χ4v) is 8.99. The molecule has 9 atom stereocenters. The van der Waals surface area contributed by atoms with Crippen molar-refractivity contribution in [2.75, 3.05) is 7.11 Å². The molecule has 6 rings (SSSR count). The zero-order valence-corrected chi connectivity index (χ0v) is 21.3. The molecular formula is C29H37NO5. The maximum absolute atomic E-state index is 14.0. The van der Waals surface area contributed by atoms with Gasteiger partial charge in [-0.25, -0.2) is 0 Å². The van der Waals surface area contributed by atoms with E-state index in [2.05, 4.69) is 19.0 Å². The van der Waals surface area contributed by atoms with E-state index in [0.29, 0.717) is 23.5 Å². The van der Waals surface area contributed by atoms with E-state index in [0.717, 1.165) is 62.0 Å². The van der Waals surface area contributed by atoms with Crippen LogP contribution in [0.15, 0.2) is 29.4 Å². The molecular weight excluding hydrogens is 442 g/mol. The Kier molecular flexibility index (Phi) is 5.32. The Hall–Kier alpha value is -2.37. The van der Waals surface area contributed by atoms with Crippen LogP contribution in [0.4, 0.5) is 0 Å². The van der Waals surface area contributed by atoms with Crippen molar-refractivity contribution in [1.29, 1.82) is 0 Å². The first-order valence-corrected chi connectivity index (χ1v) is 13.4. The van der Waals surface area contributed by atoms with E-state index in [-0.39, 0.29) is 40.8 Å². The standard InChI is InChI=1S/C29H37NO5/c1-16(31)34-20-11-13-28(2)18(15-20)7-10-21-22(28)12-14-29(3)24(21)26-23(27(29)32)25(30-35-26)17-5-8-19(33-4)9-6-17/h5-6,8-9,18,20-24,26H,7,10-15H2,1-4H3/t18-,20-,21+,22-,23-,24+,26+,28-,29-/m0/s1. The molecule has 0 bridgehead atoms. The Bertz CT molecular complexity index is 1070. The highest BCUT2D eigenvalue weighted by Crippen LogP contribution is 2.67. The molecule has 0 spiro atoms. The molecule has 0 saturated heterocycles. The van der Waals surface area contributed by atoms with Crippen molar-refractivity contribution >= 4 is 17.5 Å². The summed E-state index contributed by atoms with van der Waals surface area (Å²) in [4.78, 5) is 31.7. The van der Waals surface area contributed by atoms with Gasteiger partial charge >= 0.3 is 5.97 Å². The third-order valence-electron chi connectivity index (χ3n) is 10.7. The number of ether oxygens (including phenoxy) is 2. The molecule has 6 heteroatoms. The third kappa shape index (κ3) is 3.31. The highest BCUT2D eigenvalue weighted by Gasteiger charge is 2.69. The van der Waals surface area contributed by atoms with Gasteiger partial charge in [0.05, 0.1) is 7.11 Å². The van der Waals surface area contributed by atoms with Gasteiger partial charge in [-0.15, -0.1) is 0 Å². The summed E-state index contributed by atoms with van der Waals surface area (Å²) in [6.07, 6.45) is 7.22. The number of oxime groups is 1. The van der Waals surface area contributed by atoms with E-state index in [4.69, 9.17) is 14.3 Å². The maximum Gasteiger partial charge on any atom is 0.302 e. The van der Waals surface area contributed by atoms with E-state index in [1.165, 1.54) is 6.92 Å². The van der Waals surface area contributed by atoms with Gasteiger partial charge in [0.15, 0.2) is 5.78 Å². The summed E-state index contributed by atoms with van der Waals surface area (Å²) in [5.74, 6) is 2.52. The highest BCUT2D eigenvalue weighted by atomic mass is 16.6. The lowest BCUT2D eigenvalue weighted by Gasteiger charge is -2.60. The van der Waals surface area contributed by atoms with Gasteiger partial charge in [0, 0.05) is 23.8 Å². The number of carbonyl (C=O) groups is 2. The number of esters is 1. The second-order valence-electron chi connectivity index (χ2n) is 12.2. The van der Waals surface area contributed by atoms with E-state index < -0.39 is 0 Å². The normalized spacial score (nSPS) is 43.7. The predicted octanol–water partition coefficient (Wildman–Crippen LogP) is 5.18. The molecule has 0 aromatic heterocycles. The molecule has 1 heterocycles. The minimum absolute atomic E-state index is 0.0621. The number of nitrogens with zero attached hydrogens (tertiary/aromatic N) is 1. The van der Waals surface area contributed by atoms with E-state index in [1.54, 1.807) is 7.11 Å². The van der Waals surface area contributed by atoms with Crippen LogP contribution >= 0.6 is 0 Å². The largest absolute Gasteiger partial charge is 0.497 e. The average molecular weight is 480 g/mol. The summed E-state index contributed by atoms with van der Waals surface area (Å²) in [6.45, 7) is 6.20. The molecule has 4 saturated carbocycles. The smallest absolute Gasteiger partial charge is 0.302 e. The van der Waals surface area contributed by atoms with Gasteiger partial charge in [0.25, 0.3) is 0 Å². The summed E-state index contributed by atoms with van der Waals surface area (Å²) >= 11 is 0. The van der Waals surface area contributed by atoms with Crippen LogP contribution in [0.2, 0.25) is 0 Å². The summed E-state index contributed by atoms with van der Waals surface area (Å²) in [5.41, 5.74) is 1.63. The van der Waals surface area contributed by atoms with Crippen LogP contribution in [0.1, 0.15) is 71.3 Å². The highest BCUT2D eigenvalue weighted by molar-refractivity contribution is 6.17.